The van der Waals surface area contributed by atoms with Crippen LogP contribution in [0.1, 0.15) is 51.3 Å². The van der Waals surface area contributed by atoms with Gasteiger partial charge in [0.05, 0.1) is 31.0 Å². The fraction of sp³-hybridized carbons (Fsp3) is 0.500. The maximum Gasteiger partial charge on any atom is 0.192 e. The molecule has 0 bridgehead atoms. The number of methoxy groups -OCH3 is 1. The highest BCUT2D eigenvalue weighted by molar-refractivity contribution is 6.74. The largest absolute Gasteiger partial charge is 0.504 e. The lowest BCUT2D eigenvalue weighted by atomic mass is 9.63. The van der Waals surface area contributed by atoms with Crippen LogP contribution in [0.2, 0.25) is 18.1 Å². The lowest BCUT2D eigenvalue weighted by Gasteiger charge is -2.46. The van der Waals surface area contributed by atoms with E-state index in [1.165, 1.54) is 28.8 Å². The van der Waals surface area contributed by atoms with Gasteiger partial charge in [-0.05, 0) is 85.3 Å². The first kappa shape index (κ1) is 23.0. The second kappa shape index (κ2) is 8.30. The molecule has 1 aromatic heterocycles. The summed E-state index contributed by atoms with van der Waals surface area (Å²) in [5.74, 6) is -0.236. The minimum Gasteiger partial charge on any atom is -0.504 e. The fourth-order valence-corrected chi connectivity index (χ4v) is 5.66. The number of aromatic nitrogens is 2. The monoisotopic (exact) mass is 454 g/mol. The van der Waals surface area contributed by atoms with Crippen LogP contribution in [-0.4, -0.2) is 31.8 Å². The highest BCUT2D eigenvalue weighted by Crippen LogP contribution is 2.51. The van der Waals surface area contributed by atoms with E-state index in [1.54, 1.807) is 19.2 Å². The molecule has 0 spiro atoms. The zero-order chi connectivity index (χ0) is 23.1. The topological polar surface area (TPSA) is 36.3 Å². The van der Waals surface area contributed by atoms with Crippen molar-refractivity contribution in [3.63, 3.8) is 0 Å². The van der Waals surface area contributed by atoms with E-state index in [1.807, 2.05) is 17.1 Å². The van der Waals surface area contributed by atoms with Crippen molar-refractivity contribution in [2.45, 2.75) is 64.6 Å². The van der Waals surface area contributed by atoms with Crippen LogP contribution in [0.5, 0.6) is 0 Å². The number of allylic oxidation sites excluding steroid dienone is 1. The van der Waals surface area contributed by atoms with E-state index in [-0.39, 0.29) is 16.3 Å². The molecule has 172 valence electrons. The maximum absolute atomic E-state index is 13.4. The third kappa shape index (κ3) is 4.22. The molecule has 4 nitrogen and oxygen atoms in total. The highest BCUT2D eigenvalue weighted by atomic mass is 28.4. The molecule has 0 radical (unpaired) electrons. The Morgan fingerprint density at radius 2 is 1.88 bits per heavy atom. The molecule has 32 heavy (non-hydrogen) atoms. The van der Waals surface area contributed by atoms with Crippen molar-refractivity contribution >= 4 is 14.4 Å². The summed E-state index contributed by atoms with van der Waals surface area (Å²) >= 11 is 0. The average molecular weight is 455 g/mol. The first-order valence-corrected chi connectivity index (χ1v) is 14.3. The SMILES string of the molecule is COC=C1CCC2=Cc3c(cnn3-c3ccc(F)cc3)C[C@]2(CO[Si](C)(C)C(C)(C)C)C1. The molecule has 2 aromatic rings. The van der Waals surface area contributed by atoms with Crippen LogP contribution in [0.3, 0.4) is 0 Å². The third-order valence-corrected chi connectivity index (χ3v) is 12.0. The second-order valence-electron chi connectivity index (χ2n) is 10.8. The standard InChI is InChI=1S/C26H35FN2O2Si/c1-25(2,3)32(5,6)31-18-26-14-19(17-30-4)7-8-21(26)13-24-20(15-26)16-28-29(24)23-11-9-22(27)10-12-23/h9-13,16-17H,7-8,14-15,18H2,1-6H3/t26-/m0/s1. The van der Waals surface area contributed by atoms with Crippen LogP contribution in [0.4, 0.5) is 4.39 Å². The average Bonchev–Trinajstić information content (AvgIpc) is 3.13. The lowest BCUT2D eigenvalue weighted by Crippen LogP contribution is -2.46. The lowest BCUT2D eigenvalue weighted by molar-refractivity contribution is 0.148. The zero-order valence-electron chi connectivity index (χ0n) is 20.2. The van der Waals surface area contributed by atoms with Crippen molar-refractivity contribution in [3.8, 4) is 5.69 Å². The van der Waals surface area contributed by atoms with Gasteiger partial charge in [0, 0.05) is 12.0 Å². The van der Waals surface area contributed by atoms with Gasteiger partial charge in [0.1, 0.15) is 5.82 Å². The Bertz CT molecular complexity index is 1050. The molecule has 1 heterocycles. The van der Waals surface area contributed by atoms with Crippen LogP contribution < -0.4 is 0 Å². The Morgan fingerprint density at radius 3 is 2.53 bits per heavy atom. The minimum absolute atomic E-state index is 0.0677. The quantitative estimate of drug-likeness (QED) is 0.374. The number of nitrogens with zero attached hydrogens (tertiary/aromatic N) is 2. The first-order valence-electron chi connectivity index (χ1n) is 11.4. The Morgan fingerprint density at radius 1 is 1.16 bits per heavy atom. The molecule has 0 N–H and O–H groups in total. The third-order valence-electron chi connectivity index (χ3n) is 7.56. The van der Waals surface area contributed by atoms with Crippen LogP contribution in [0.25, 0.3) is 11.8 Å². The highest BCUT2D eigenvalue weighted by Gasteiger charge is 2.45. The second-order valence-corrected chi connectivity index (χ2v) is 15.6. The van der Waals surface area contributed by atoms with Crippen molar-refractivity contribution in [2.75, 3.05) is 13.7 Å². The van der Waals surface area contributed by atoms with E-state index >= 15 is 0 Å². The van der Waals surface area contributed by atoms with Gasteiger partial charge in [-0.1, -0.05) is 26.3 Å². The van der Waals surface area contributed by atoms with E-state index in [9.17, 15) is 4.39 Å². The van der Waals surface area contributed by atoms with E-state index < -0.39 is 8.32 Å². The molecule has 1 fully saturated rings. The first-order chi connectivity index (χ1) is 15.0. The van der Waals surface area contributed by atoms with Gasteiger partial charge in [0.15, 0.2) is 8.32 Å². The van der Waals surface area contributed by atoms with E-state index in [4.69, 9.17) is 9.16 Å². The number of fused-ring (bicyclic) bond motifs is 2. The van der Waals surface area contributed by atoms with Crippen molar-refractivity contribution in [2.24, 2.45) is 5.41 Å². The molecular formula is C26H35FN2O2Si. The summed E-state index contributed by atoms with van der Waals surface area (Å²) in [4.78, 5) is 0. The smallest absolute Gasteiger partial charge is 0.192 e. The van der Waals surface area contributed by atoms with Gasteiger partial charge in [-0.25, -0.2) is 9.07 Å². The van der Waals surface area contributed by atoms with Gasteiger partial charge in [-0.15, -0.1) is 0 Å². The molecule has 1 aromatic carbocycles. The molecule has 6 heteroatoms. The zero-order valence-corrected chi connectivity index (χ0v) is 21.2. The van der Waals surface area contributed by atoms with Crippen molar-refractivity contribution in [1.29, 1.82) is 0 Å². The van der Waals surface area contributed by atoms with Gasteiger partial charge >= 0.3 is 0 Å². The number of ether oxygens (including phenoxy) is 1. The van der Waals surface area contributed by atoms with Crippen LogP contribution >= 0.6 is 0 Å². The van der Waals surface area contributed by atoms with Crippen molar-refractivity contribution in [1.82, 2.24) is 9.78 Å². The van der Waals surface area contributed by atoms with Gasteiger partial charge < -0.3 is 9.16 Å². The Labute approximate surface area is 192 Å². The summed E-state index contributed by atoms with van der Waals surface area (Å²) in [7, 11) is -0.165. The Kier molecular flexibility index (Phi) is 5.97. The van der Waals surface area contributed by atoms with Crippen LogP contribution in [0.15, 0.2) is 47.9 Å². The molecule has 0 aliphatic heterocycles. The van der Waals surface area contributed by atoms with E-state index in [0.717, 1.165) is 43.7 Å². The molecule has 4 rings (SSSR count). The van der Waals surface area contributed by atoms with Crippen molar-refractivity contribution in [3.05, 3.63) is 64.9 Å². The van der Waals surface area contributed by atoms with E-state index in [2.05, 4.69) is 45.0 Å². The Hall–Kier alpha value is -2.18. The van der Waals surface area contributed by atoms with Gasteiger partial charge in [-0.3, -0.25) is 0 Å². The number of rotatable bonds is 5. The Balaban J connectivity index is 1.71. The number of benzene rings is 1. The van der Waals surface area contributed by atoms with Gasteiger partial charge in [0.25, 0.3) is 0 Å². The molecule has 0 unspecified atom stereocenters. The normalized spacial score (nSPS) is 22.3. The minimum atomic E-state index is -1.89. The summed E-state index contributed by atoms with van der Waals surface area (Å²) in [5, 5.41) is 4.84. The maximum atomic E-state index is 13.4. The molecule has 2 aliphatic carbocycles. The predicted octanol–water partition coefficient (Wildman–Crippen LogP) is 6.67. The van der Waals surface area contributed by atoms with Crippen LogP contribution in [0, 0.1) is 11.2 Å². The summed E-state index contributed by atoms with van der Waals surface area (Å²) in [5.41, 5.74) is 5.91. The molecule has 2 aliphatic rings. The number of hydrogen-bond donors (Lipinski definition) is 0. The number of halogens is 1. The summed E-state index contributed by atoms with van der Waals surface area (Å²) in [6, 6.07) is 6.53. The fourth-order valence-electron chi connectivity index (χ4n) is 4.59. The number of hydrogen-bond acceptors (Lipinski definition) is 3. The van der Waals surface area contributed by atoms with Gasteiger partial charge in [0.2, 0.25) is 0 Å². The summed E-state index contributed by atoms with van der Waals surface area (Å²) < 4.78 is 27.6. The van der Waals surface area contributed by atoms with Crippen LogP contribution in [-0.2, 0) is 15.6 Å². The van der Waals surface area contributed by atoms with Crippen molar-refractivity contribution < 1.29 is 13.6 Å². The molecule has 0 amide bonds. The molecule has 1 saturated carbocycles. The summed E-state index contributed by atoms with van der Waals surface area (Å²) in [6.45, 7) is 12.2. The molecule has 1 atom stereocenters. The molecule has 0 saturated heterocycles. The molecular weight excluding hydrogens is 419 g/mol. The van der Waals surface area contributed by atoms with E-state index in [0.29, 0.717) is 0 Å². The van der Waals surface area contributed by atoms with Gasteiger partial charge in [-0.2, -0.15) is 5.10 Å². The summed E-state index contributed by atoms with van der Waals surface area (Å²) in [6.07, 6.45) is 10.0. The predicted molar refractivity (Wildman–Crippen MR) is 130 cm³/mol.